The Bertz CT molecular complexity index is 610. The Labute approximate surface area is 119 Å². The Balaban J connectivity index is 2.24. The summed E-state index contributed by atoms with van der Waals surface area (Å²) in [5.41, 5.74) is 0.766. The summed E-state index contributed by atoms with van der Waals surface area (Å²) >= 11 is 3.32. The normalized spacial score (nSPS) is 10.8. The van der Waals surface area contributed by atoms with E-state index in [1.165, 1.54) is 24.3 Å². The van der Waals surface area contributed by atoms with Crippen molar-refractivity contribution < 1.29 is 15.0 Å². The Morgan fingerprint density at radius 2 is 1.58 bits per heavy atom. The molecule has 0 saturated heterocycles. The molecule has 19 heavy (non-hydrogen) atoms. The molecule has 2 aromatic carbocycles. The number of rotatable bonds is 3. The van der Waals surface area contributed by atoms with E-state index in [1.54, 1.807) is 6.08 Å². The Kier molecular flexibility index (Phi) is 4.02. The van der Waals surface area contributed by atoms with Crippen molar-refractivity contribution in [3.63, 3.8) is 0 Å². The van der Waals surface area contributed by atoms with Gasteiger partial charge in [-0.2, -0.15) is 0 Å². The second kappa shape index (κ2) is 5.71. The highest BCUT2D eigenvalue weighted by atomic mass is 79.9. The van der Waals surface area contributed by atoms with Crippen LogP contribution in [0.15, 0.2) is 53.0 Å². The predicted molar refractivity (Wildman–Crippen MR) is 77.3 cm³/mol. The molecule has 0 atom stereocenters. The number of hydrogen-bond acceptors (Lipinski definition) is 3. The number of carbonyl (C=O) groups is 1. The van der Waals surface area contributed by atoms with Crippen molar-refractivity contribution in [3.05, 3.63) is 64.1 Å². The van der Waals surface area contributed by atoms with Crippen LogP contribution in [0.4, 0.5) is 0 Å². The van der Waals surface area contributed by atoms with Crippen molar-refractivity contribution >= 4 is 27.8 Å². The van der Waals surface area contributed by atoms with Crippen LogP contribution in [0.2, 0.25) is 0 Å². The summed E-state index contributed by atoms with van der Waals surface area (Å²) in [7, 11) is 0. The zero-order valence-corrected chi connectivity index (χ0v) is 11.5. The van der Waals surface area contributed by atoms with Crippen LogP contribution in [-0.4, -0.2) is 16.0 Å². The lowest BCUT2D eigenvalue weighted by Crippen LogP contribution is -1.95. The Morgan fingerprint density at radius 1 is 1.00 bits per heavy atom. The molecule has 2 rings (SSSR count). The third-order valence-corrected chi connectivity index (χ3v) is 3.09. The molecule has 0 aliphatic carbocycles. The fraction of sp³-hybridized carbons (Fsp3) is 0. The van der Waals surface area contributed by atoms with Crippen LogP contribution >= 0.6 is 15.9 Å². The minimum atomic E-state index is -0.446. The lowest BCUT2D eigenvalue weighted by atomic mass is 10.1. The molecule has 2 aromatic rings. The standard InChI is InChI=1S/C15H11BrO3/c16-11-7-4-10(5-8-11)6-9-14(19)15-12(17)2-1-3-13(15)18/h1-9,17-18H/b9-6+. The van der Waals surface area contributed by atoms with Crippen LogP contribution < -0.4 is 0 Å². The third kappa shape index (κ3) is 3.23. The van der Waals surface area contributed by atoms with Gasteiger partial charge in [-0.15, -0.1) is 0 Å². The summed E-state index contributed by atoms with van der Waals surface area (Å²) in [6, 6.07) is 11.6. The first-order chi connectivity index (χ1) is 9.08. The number of benzene rings is 2. The molecule has 4 heteroatoms. The summed E-state index contributed by atoms with van der Waals surface area (Å²) in [5, 5.41) is 19.1. The van der Waals surface area contributed by atoms with E-state index in [0.29, 0.717) is 0 Å². The molecule has 0 aromatic heterocycles. The van der Waals surface area contributed by atoms with Gasteiger partial charge in [0.25, 0.3) is 0 Å². The minimum absolute atomic E-state index is 0.0872. The summed E-state index contributed by atoms with van der Waals surface area (Å²) in [6.07, 6.45) is 2.94. The number of aromatic hydroxyl groups is 2. The topological polar surface area (TPSA) is 57.5 Å². The SMILES string of the molecule is O=C(/C=C/c1ccc(Br)cc1)c1c(O)cccc1O. The Hall–Kier alpha value is -2.07. The molecule has 0 unspecified atom stereocenters. The van der Waals surface area contributed by atoms with E-state index >= 15 is 0 Å². The van der Waals surface area contributed by atoms with E-state index < -0.39 is 5.78 Å². The molecule has 3 nitrogen and oxygen atoms in total. The van der Waals surface area contributed by atoms with Crippen molar-refractivity contribution in [2.45, 2.75) is 0 Å². The predicted octanol–water partition coefficient (Wildman–Crippen LogP) is 3.76. The monoisotopic (exact) mass is 318 g/mol. The maximum Gasteiger partial charge on any atom is 0.193 e. The lowest BCUT2D eigenvalue weighted by molar-refractivity contribution is 0.104. The minimum Gasteiger partial charge on any atom is -0.507 e. The molecule has 0 heterocycles. The molecule has 0 bridgehead atoms. The zero-order chi connectivity index (χ0) is 13.8. The fourth-order valence-electron chi connectivity index (χ4n) is 1.61. The maximum atomic E-state index is 11.9. The molecule has 96 valence electrons. The van der Waals surface area contributed by atoms with Crippen molar-refractivity contribution in [2.75, 3.05) is 0 Å². The van der Waals surface area contributed by atoms with Crippen LogP contribution in [0.3, 0.4) is 0 Å². The van der Waals surface area contributed by atoms with Crippen LogP contribution in [-0.2, 0) is 0 Å². The zero-order valence-electron chi connectivity index (χ0n) is 9.88. The number of phenols is 2. The first-order valence-corrected chi connectivity index (χ1v) is 6.36. The third-order valence-electron chi connectivity index (χ3n) is 2.56. The fourth-order valence-corrected chi connectivity index (χ4v) is 1.87. The molecule has 0 amide bonds. The van der Waals surface area contributed by atoms with Crippen molar-refractivity contribution in [3.8, 4) is 11.5 Å². The van der Waals surface area contributed by atoms with Gasteiger partial charge in [-0.3, -0.25) is 4.79 Å². The van der Waals surface area contributed by atoms with Gasteiger partial charge in [0.1, 0.15) is 17.1 Å². The molecule has 0 aliphatic heterocycles. The quantitative estimate of drug-likeness (QED) is 0.669. The van der Waals surface area contributed by atoms with Crippen molar-refractivity contribution in [2.24, 2.45) is 0 Å². The summed E-state index contributed by atoms with van der Waals surface area (Å²) in [6.45, 7) is 0. The largest absolute Gasteiger partial charge is 0.507 e. The van der Waals surface area contributed by atoms with Gasteiger partial charge in [-0.1, -0.05) is 40.2 Å². The van der Waals surface area contributed by atoms with Crippen LogP contribution in [0.25, 0.3) is 6.08 Å². The number of allylic oxidation sites excluding steroid dienone is 1. The molecule has 0 aliphatic rings. The van der Waals surface area contributed by atoms with E-state index in [1.807, 2.05) is 24.3 Å². The van der Waals surface area contributed by atoms with Gasteiger partial charge in [0.05, 0.1) is 0 Å². The Morgan fingerprint density at radius 3 is 2.16 bits per heavy atom. The average Bonchev–Trinajstić information content (AvgIpc) is 2.38. The molecular weight excluding hydrogens is 308 g/mol. The molecule has 0 radical (unpaired) electrons. The molecule has 0 saturated carbocycles. The first kappa shape index (κ1) is 13.4. The van der Waals surface area contributed by atoms with Gasteiger partial charge >= 0.3 is 0 Å². The van der Waals surface area contributed by atoms with Gasteiger partial charge in [-0.25, -0.2) is 0 Å². The van der Waals surface area contributed by atoms with Crippen molar-refractivity contribution in [1.29, 1.82) is 0 Å². The van der Waals surface area contributed by atoms with Crippen LogP contribution in [0.1, 0.15) is 15.9 Å². The second-order valence-corrected chi connectivity index (χ2v) is 4.84. The number of halogens is 1. The van der Waals surface area contributed by atoms with Gasteiger partial charge in [0.15, 0.2) is 5.78 Å². The van der Waals surface area contributed by atoms with Gasteiger partial charge < -0.3 is 10.2 Å². The second-order valence-electron chi connectivity index (χ2n) is 3.92. The van der Waals surface area contributed by atoms with Gasteiger partial charge in [0, 0.05) is 4.47 Å². The van der Waals surface area contributed by atoms with E-state index in [4.69, 9.17) is 0 Å². The highest BCUT2D eigenvalue weighted by Gasteiger charge is 2.12. The number of hydrogen-bond donors (Lipinski definition) is 2. The van der Waals surface area contributed by atoms with E-state index in [2.05, 4.69) is 15.9 Å². The highest BCUT2D eigenvalue weighted by molar-refractivity contribution is 9.10. The van der Waals surface area contributed by atoms with E-state index in [0.717, 1.165) is 10.0 Å². The summed E-state index contributed by atoms with van der Waals surface area (Å²) in [4.78, 5) is 11.9. The number of ketones is 1. The number of carbonyl (C=O) groups excluding carboxylic acids is 1. The number of phenolic OH excluding ortho intramolecular Hbond substituents is 2. The maximum absolute atomic E-state index is 11.9. The first-order valence-electron chi connectivity index (χ1n) is 5.57. The molecule has 0 fully saturated rings. The van der Waals surface area contributed by atoms with Crippen molar-refractivity contribution in [1.82, 2.24) is 0 Å². The highest BCUT2D eigenvalue weighted by Crippen LogP contribution is 2.27. The lowest BCUT2D eigenvalue weighted by Gasteiger charge is -2.02. The summed E-state index contributed by atoms with van der Waals surface area (Å²) < 4.78 is 0.953. The van der Waals surface area contributed by atoms with E-state index in [9.17, 15) is 15.0 Å². The van der Waals surface area contributed by atoms with E-state index in [-0.39, 0.29) is 17.1 Å². The van der Waals surface area contributed by atoms with Gasteiger partial charge in [0.2, 0.25) is 0 Å². The average molecular weight is 319 g/mol. The molecule has 0 spiro atoms. The van der Waals surface area contributed by atoms with Crippen LogP contribution in [0.5, 0.6) is 11.5 Å². The van der Waals surface area contributed by atoms with Gasteiger partial charge in [-0.05, 0) is 35.9 Å². The smallest absolute Gasteiger partial charge is 0.193 e. The molecular formula is C15H11BrO3. The molecule has 2 N–H and O–H groups in total. The summed E-state index contributed by atoms with van der Waals surface area (Å²) in [5.74, 6) is -0.908. The van der Waals surface area contributed by atoms with Crippen LogP contribution in [0, 0.1) is 0 Å².